The van der Waals surface area contributed by atoms with Crippen LogP contribution in [0, 0.1) is 5.41 Å². The molecule has 0 aliphatic carbocycles. The van der Waals surface area contributed by atoms with Gasteiger partial charge in [0.2, 0.25) is 5.91 Å². The number of ether oxygens (including phenoxy) is 1. The molecule has 2 aliphatic rings. The summed E-state index contributed by atoms with van der Waals surface area (Å²) in [6.45, 7) is 0.849. The number of nitrogens with two attached hydrogens (primary N) is 1. The molecule has 0 unspecified atom stereocenters. The minimum Gasteiger partial charge on any atom is -0.483 e. The minimum absolute atomic E-state index is 0.166. The van der Waals surface area contributed by atoms with Crippen molar-refractivity contribution < 1.29 is 24.2 Å². The van der Waals surface area contributed by atoms with Gasteiger partial charge in [-0.05, 0) is 31.4 Å². The van der Waals surface area contributed by atoms with Crippen LogP contribution in [0.1, 0.15) is 29.6 Å². The van der Waals surface area contributed by atoms with Gasteiger partial charge in [-0.1, -0.05) is 12.1 Å². The lowest BCUT2D eigenvalue weighted by Gasteiger charge is -2.46. The molecular weight excluding hydrogens is 338 g/mol. The lowest BCUT2D eigenvalue weighted by Crippen LogP contribution is -2.62. The van der Waals surface area contributed by atoms with Crippen LogP contribution in [0.4, 0.5) is 0 Å². The molecule has 2 heterocycles. The second-order valence-electron chi connectivity index (χ2n) is 6.78. The van der Waals surface area contributed by atoms with E-state index >= 15 is 0 Å². The second kappa shape index (κ2) is 7.33. The van der Waals surface area contributed by atoms with Crippen molar-refractivity contribution in [3.05, 3.63) is 29.8 Å². The fourth-order valence-electron chi connectivity index (χ4n) is 3.68. The first-order valence-electron chi connectivity index (χ1n) is 8.70. The molecule has 0 saturated carbocycles. The highest BCUT2D eigenvalue weighted by atomic mass is 16.5. The molecule has 8 nitrogen and oxygen atoms in total. The number of carbonyl (C=O) groups excluding carboxylic acids is 3. The molecule has 3 rings (SSSR count). The molecule has 8 heteroatoms. The third kappa shape index (κ3) is 3.37. The number of hydrogen-bond donors (Lipinski definition) is 3. The average molecular weight is 361 g/mol. The molecule has 2 saturated heterocycles. The third-order valence-corrected chi connectivity index (χ3v) is 5.18. The standard InChI is InChI=1S/C18H23N3O5/c19-16(24)12-4-1-2-5-13(12)26-10-15(23)21-9-6-14(22)18(11-21)7-3-8-20-17(18)25/h1-2,4-5,14,22H,3,6-11H2,(H2,19,24)(H,20,25)/t14-,18+/m0/s1. The summed E-state index contributed by atoms with van der Waals surface area (Å²) in [5.41, 5.74) is 4.56. The first-order valence-corrected chi connectivity index (χ1v) is 8.70. The molecule has 0 radical (unpaired) electrons. The van der Waals surface area contributed by atoms with Crippen LogP contribution in [-0.4, -0.2) is 60.1 Å². The zero-order chi connectivity index (χ0) is 18.7. The quantitative estimate of drug-likeness (QED) is 0.677. The number of aliphatic hydroxyl groups excluding tert-OH is 1. The third-order valence-electron chi connectivity index (χ3n) is 5.18. The maximum absolute atomic E-state index is 12.6. The van der Waals surface area contributed by atoms with Crippen LogP contribution in [-0.2, 0) is 9.59 Å². The van der Waals surface area contributed by atoms with Crippen LogP contribution >= 0.6 is 0 Å². The molecule has 1 spiro atoms. The molecule has 1 aromatic carbocycles. The van der Waals surface area contributed by atoms with Crippen molar-refractivity contribution in [2.75, 3.05) is 26.2 Å². The van der Waals surface area contributed by atoms with Gasteiger partial charge in [-0.2, -0.15) is 0 Å². The summed E-state index contributed by atoms with van der Waals surface area (Å²) in [6, 6.07) is 6.45. The van der Waals surface area contributed by atoms with Crippen molar-refractivity contribution in [1.82, 2.24) is 10.2 Å². The van der Waals surface area contributed by atoms with Crippen molar-refractivity contribution in [3.63, 3.8) is 0 Å². The van der Waals surface area contributed by atoms with Gasteiger partial charge in [0.15, 0.2) is 6.61 Å². The van der Waals surface area contributed by atoms with Gasteiger partial charge in [-0.15, -0.1) is 0 Å². The Morgan fingerprint density at radius 3 is 2.88 bits per heavy atom. The van der Waals surface area contributed by atoms with E-state index in [9.17, 15) is 19.5 Å². The van der Waals surface area contributed by atoms with Crippen LogP contribution in [0.2, 0.25) is 0 Å². The average Bonchev–Trinajstić information content (AvgIpc) is 2.64. The fraction of sp³-hybridized carbons (Fsp3) is 0.500. The number of carbonyl (C=O) groups is 3. The van der Waals surface area contributed by atoms with E-state index in [4.69, 9.17) is 10.5 Å². The first-order chi connectivity index (χ1) is 12.4. The van der Waals surface area contributed by atoms with E-state index in [2.05, 4.69) is 5.32 Å². The van der Waals surface area contributed by atoms with Gasteiger partial charge in [0.1, 0.15) is 5.75 Å². The van der Waals surface area contributed by atoms with Gasteiger partial charge in [0, 0.05) is 19.6 Å². The summed E-state index contributed by atoms with van der Waals surface area (Å²) >= 11 is 0. The number of piperidine rings is 2. The van der Waals surface area contributed by atoms with Gasteiger partial charge < -0.3 is 25.8 Å². The van der Waals surface area contributed by atoms with Crippen molar-refractivity contribution in [1.29, 1.82) is 0 Å². The molecule has 0 aromatic heterocycles. The Hall–Kier alpha value is -2.61. The number of nitrogens with zero attached hydrogens (tertiary/aromatic N) is 1. The minimum atomic E-state index is -0.947. The Balaban J connectivity index is 1.67. The Bertz CT molecular complexity index is 723. The van der Waals surface area contributed by atoms with Gasteiger partial charge in [0.25, 0.3) is 11.8 Å². The first kappa shape index (κ1) is 18.2. The number of para-hydroxylation sites is 1. The number of hydrogen-bond acceptors (Lipinski definition) is 5. The number of aliphatic hydroxyl groups is 1. The number of amides is 3. The lowest BCUT2D eigenvalue weighted by molar-refractivity contribution is -0.155. The fourth-order valence-corrected chi connectivity index (χ4v) is 3.68. The van der Waals surface area contributed by atoms with Crippen LogP contribution in [0.25, 0.3) is 0 Å². The molecule has 2 aliphatic heterocycles. The largest absolute Gasteiger partial charge is 0.483 e. The molecule has 26 heavy (non-hydrogen) atoms. The van der Waals surface area contributed by atoms with Gasteiger partial charge in [0.05, 0.1) is 17.1 Å². The van der Waals surface area contributed by atoms with Crippen molar-refractivity contribution >= 4 is 17.7 Å². The molecule has 140 valence electrons. The Kier molecular flexibility index (Phi) is 5.13. The van der Waals surface area contributed by atoms with E-state index in [0.29, 0.717) is 25.9 Å². The maximum atomic E-state index is 12.6. The van der Waals surface area contributed by atoms with E-state index < -0.39 is 17.4 Å². The van der Waals surface area contributed by atoms with Crippen LogP contribution in [0.3, 0.4) is 0 Å². The maximum Gasteiger partial charge on any atom is 0.260 e. The molecule has 2 fully saturated rings. The van der Waals surface area contributed by atoms with Crippen molar-refractivity contribution in [2.24, 2.45) is 11.1 Å². The highest BCUT2D eigenvalue weighted by molar-refractivity contribution is 5.95. The van der Waals surface area contributed by atoms with E-state index in [1.807, 2.05) is 0 Å². The van der Waals surface area contributed by atoms with Gasteiger partial charge in [-0.25, -0.2) is 0 Å². The monoisotopic (exact) mass is 361 g/mol. The van der Waals surface area contributed by atoms with Crippen LogP contribution in [0.5, 0.6) is 5.75 Å². The summed E-state index contributed by atoms with van der Waals surface area (Å²) in [5.74, 6) is -0.884. The van der Waals surface area contributed by atoms with Crippen molar-refractivity contribution in [3.8, 4) is 5.75 Å². The molecule has 1 aromatic rings. The summed E-state index contributed by atoms with van der Waals surface area (Å²) in [5, 5.41) is 13.2. The molecule has 4 N–H and O–H groups in total. The summed E-state index contributed by atoms with van der Waals surface area (Å²) in [4.78, 5) is 37.9. The van der Waals surface area contributed by atoms with Gasteiger partial charge >= 0.3 is 0 Å². The SMILES string of the molecule is NC(=O)c1ccccc1OCC(=O)N1CC[C@H](O)[C@@]2(CCCNC2=O)C1. The zero-order valence-corrected chi connectivity index (χ0v) is 14.4. The van der Waals surface area contributed by atoms with E-state index in [0.717, 1.165) is 6.42 Å². The Morgan fingerprint density at radius 1 is 1.38 bits per heavy atom. The number of benzene rings is 1. The zero-order valence-electron chi connectivity index (χ0n) is 14.4. The smallest absolute Gasteiger partial charge is 0.260 e. The summed E-state index contributed by atoms with van der Waals surface area (Å²) in [6.07, 6.45) is 0.905. The number of rotatable bonds is 4. The van der Waals surface area contributed by atoms with E-state index in [1.54, 1.807) is 23.1 Å². The molecule has 3 amide bonds. The van der Waals surface area contributed by atoms with E-state index in [-0.39, 0.29) is 36.3 Å². The van der Waals surface area contributed by atoms with Crippen LogP contribution in [0.15, 0.2) is 24.3 Å². The molecule has 2 atom stereocenters. The molecule has 0 bridgehead atoms. The number of nitrogens with one attached hydrogen (secondary N) is 1. The lowest BCUT2D eigenvalue weighted by atomic mass is 9.71. The second-order valence-corrected chi connectivity index (χ2v) is 6.78. The topological polar surface area (TPSA) is 122 Å². The predicted octanol–water partition coefficient (Wildman–Crippen LogP) is -0.346. The predicted molar refractivity (Wildman–Crippen MR) is 92.3 cm³/mol. The molecular formula is C18H23N3O5. The highest BCUT2D eigenvalue weighted by Crippen LogP contribution is 2.37. The number of likely N-dealkylation sites (tertiary alicyclic amines) is 1. The Morgan fingerprint density at radius 2 is 2.15 bits per heavy atom. The van der Waals surface area contributed by atoms with Crippen LogP contribution < -0.4 is 15.8 Å². The van der Waals surface area contributed by atoms with E-state index in [1.165, 1.54) is 6.07 Å². The summed E-state index contributed by atoms with van der Waals surface area (Å²) in [7, 11) is 0. The number of primary amides is 1. The summed E-state index contributed by atoms with van der Waals surface area (Å²) < 4.78 is 5.49. The Labute approximate surface area is 151 Å². The van der Waals surface area contributed by atoms with Gasteiger partial charge in [-0.3, -0.25) is 14.4 Å². The highest BCUT2D eigenvalue weighted by Gasteiger charge is 2.50. The van der Waals surface area contributed by atoms with Crippen molar-refractivity contribution in [2.45, 2.75) is 25.4 Å². The normalized spacial score (nSPS) is 25.7.